The zero-order valence-electron chi connectivity index (χ0n) is 18.4. The average molecular weight is 471 g/mol. The molecule has 1 amide bonds. The van der Waals surface area contributed by atoms with Gasteiger partial charge in [0.25, 0.3) is 15.9 Å². The van der Waals surface area contributed by atoms with Gasteiger partial charge in [0, 0.05) is 12.2 Å². The van der Waals surface area contributed by atoms with Crippen molar-refractivity contribution in [2.24, 2.45) is 0 Å². The van der Waals surface area contributed by atoms with Crippen LogP contribution in [0.3, 0.4) is 0 Å². The monoisotopic (exact) mass is 470 g/mol. The number of benzene rings is 3. The number of carbonyl (C=O) groups is 1. The summed E-state index contributed by atoms with van der Waals surface area (Å²) in [6.07, 6.45) is 1.52. The molecule has 3 aromatic rings. The first-order valence-corrected chi connectivity index (χ1v) is 12.4. The number of halogens is 1. The van der Waals surface area contributed by atoms with Crippen LogP contribution in [0.4, 0.5) is 11.4 Å². The minimum atomic E-state index is -3.88. The molecule has 1 N–H and O–H groups in total. The molecule has 7 heteroatoms. The minimum absolute atomic E-state index is 0.0113. The number of hydrogen-bond donors (Lipinski definition) is 1. The maximum absolute atomic E-state index is 13.4. The largest absolute Gasteiger partial charge is 0.321 e. The molecule has 0 aliphatic heterocycles. The number of rotatable bonds is 8. The summed E-state index contributed by atoms with van der Waals surface area (Å²) in [6.45, 7) is 6.06. The van der Waals surface area contributed by atoms with Gasteiger partial charge in [0.2, 0.25) is 0 Å². The van der Waals surface area contributed by atoms with Gasteiger partial charge in [-0.2, -0.15) is 0 Å². The first kappa shape index (κ1) is 23.8. The Kier molecular flexibility index (Phi) is 7.59. The van der Waals surface area contributed by atoms with Gasteiger partial charge in [-0.15, -0.1) is 0 Å². The number of aryl methyl sites for hydroxylation is 2. The van der Waals surface area contributed by atoms with E-state index in [4.69, 9.17) is 11.6 Å². The van der Waals surface area contributed by atoms with Gasteiger partial charge < -0.3 is 5.32 Å². The van der Waals surface area contributed by atoms with Gasteiger partial charge in [-0.1, -0.05) is 61.8 Å². The van der Waals surface area contributed by atoms with Gasteiger partial charge >= 0.3 is 0 Å². The number of anilines is 2. The molecule has 3 rings (SSSR count). The number of para-hydroxylation sites is 2. The van der Waals surface area contributed by atoms with Crippen LogP contribution in [0.1, 0.15) is 42.3 Å². The molecule has 0 spiro atoms. The van der Waals surface area contributed by atoms with E-state index >= 15 is 0 Å². The molecule has 0 unspecified atom stereocenters. The molecule has 0 aliphatic carbocycles. The third kappa shape index (κ3) is 4.81. The van der Waals surface area contributed by atoms with E-state index < -0.39 is 15.9 Å². The van der Waals surface area contributed by atoms with Crippen molar-refractivity contribution in [2.45, 2.75) is 38.5 Å². The zero-order valence-corrected chi connectivity index (χ0v) is 20.0. The molecule has 0 saturated heterocycles. The molecule has 0 heterocycles. The third-order valence-corrected chi connectivity index (χ3v) is 7.57. The molecular formula is C25H27ClN2O3S. The fourth-order valence-electron chi connectivity index (χ4n) is 3.64. The van der Waals surface area contributed by atoms with Crippen molar-refractivity contribution in [3.8, 4) is 0 Å². The third-order valence-electron chi connectivity index (χ3n) is 5.34. The van der Waals surface area contributed by atoms with Crippen LogP contribution < -0.4 is 9.62 Å². The Bertz CT molecular complexity index is 1190. The van der Waals surface area contributed by atoms with Crippen molar-refractivity contribution in [2.75, 3.05) is 16.2 Å². The molecule has 0 saturated carbocycles. The Labute approximate surface area is 195 Å². The summed E-state index contributed by atoms with van der Waals surface area (Å²) in [6, 6.07) is 19.0. The number of nitrogens with one attached hydrogen (secondary N) is 1. The quantitative estimate of drug-likeness (QED) is 0.443. The summed E-state index contributed by atoms with van der Waals surface area (Å²) in [4.78, 5) is 13.2. The van der Waals surface area contributed by atoms with Crippen molar-refractivity contribution < 1.29 is 13.2 Å². The van der Waals surface area contributed by atoms with Crippen LogP contribution in [0, 0.1) is 0 Å². The standard InChI is InChI=1S/C25H27ClN2O3S/c1-4-18-11-10-12-19(5-2)24(18)27-25(29)22-17-21(15-16-23(22)26)32(30,31)28(6-3)20-13-8-7-9-14-20/h7-17H,4-6H2,1-3H3,(H,27,29). The van der Waals surface area contributed by atoms with E-state index in [0.717, 1.165) is 29.7 Å². The van der Waals surface area contributed by atoms with Crippen LogP contribution in [0.2, 0.25) is 5.02 Å². The van der Waals surface area contributed by atoms with E-state index in [-0.39, 0.29) is 22.0 Å². The Morgan fingerprint density at radius 2 is 1.53 bits per heavy atom. The first-order valence-electron chi connectivity index (χ1n) is 10.6. The van der Waals surface area contributed by atoms with E-state index in [1.165, 1.54) is 22.5 Å². The van der Waals surface area contributed by atoms with Crippen molar-refractivity contribution in [1.29, 1.82) is 0 Å². The molecule has 0 radical (unpaired) electrons. The summed E-state index contributed by atoms with van der Waals surface area (Å²) in [5.41, 5.74) is 3.45. The summed E-state index contributed by atoms with van der Waals surface area (Å²) >= 11 is 6.32. The van der Waals surface area contributed by atoms with Crippen LogP contribution in [-0.4, -0.2) is 20.9 Å². The van der Waals surface area contributed by atoms with Gasteiger partial charge in [0.05, 0.1) is 21.2 Å². The maximum atomic E-state index is 13.4. The number of amides is 1. The van der Waals surface area contributed by atoms with E-state index in [0.29, 0.717) is 5.69 Å². The van der Waals surface area contributed by atoms with Crippen LogP contribution in [0.15, 0.2) is 71.6 Å². The topological polar surface area (TPSA) is 66.5 Å². The fraction of sp³-hybridized carbons (Fsp3) is 0.240. The van der Waals surface area contributed by atoms with Crippen LogP contribution in [0.25, 0.3) is 0 Å². The SMILES string of the molecule is CCc1cccc(CC)c1NC(=O)c1cc(S(=O)(=O)N(CC)c2ccccc2)ccc1Cl. The van der Waals surface area contributed by atoms with Crippen LogP contribution in [0.5, 0.6) is 0 Å². The summed E-state index contributed by atoms with van der Waals surface area (Å²) in [5, 5.41) is 3.15. The van der Waals surface area contributed by atoms with Crippen molar-refractivity contribution in [1.82, 2.24) is 0 Å². The molecular weight excluding hydrogens is 444 g/mol. The predicted octanol–water partition coefficient (Wildman–Crippen LogP) is 5.93. The van der Waals surface area contributed by atoms with Crippen molar-refractivity contribution in [3.63, 3.8) is 0 Å². The summed E-state index contributed by atoms with van der Waals surface area (Å²) < 4.78 is 28.0. The Morgan fingerprint density at radius 1 is 0.906 bits per heavy atom. The lowest BCUT2D eigenvalue weighted by atomic mass is 10.0. The van der Waals surface area contributed by atoms with Gasteiger partial charge in [0.15, 0.2) is 0 Å². The Morgan fingerprint density at radius 3 is 2.09 bits per heavy atom. The highest BCUT2D eigenvalue weighted by molar-refractivity contribution is 7.92. The second kappa shape index (κ2) is 10.2. The Balaban J connectivity index is 2.00. The number of nitrogens with zero attached hydrogens (tertiary/aromatic N) is 1. The smallest absolute Gasteiger partial charge is 0.264 e. The van der Waals surface area contributed by atoms with E-state index in [2.05, 4.69) is 5.32 Å². The normalized spacial score (nSPS) is 11.2. The molecule has 168 valence electrons. The van der Waals surface area contributed by atoms with Gasteiger partial charge in [-0.25, -0.2) is 8.42 Å². The molecule has 0 fully saturated rings. The molecule has 0 atom stereocenters. The number of sulfonamides is 1. The highest BCUT2D eigenvalue weighted by atomic mass is 35.5. The second-order valence-electron chi connectivity index (χ2n) is 7.26. The second-order valence-corrected chi connectivity index (χ2v) is 9.53. The van der Waals surface area contributed by atoms with Gasteiger partial charge in [-0.3, -0.25) is 9.10 Å². The average Bonchev–Trinajstić information content (AvgIpc) is 2.80. The number of carbonyl (C=O) groups excluding carboxylic acids is 1. The minimum Gasteiger partial charge on any atom is -0.321 e. The van der Waals surface area contributed by atoms with E-state index in [9.17, 15) is 13.2 Å². The highest BCUT2D eigenvalue weighted by Gasteiger charge is 2.26. The summed E-state index contributed by atoms with van der Waals surface area (Å²) in [7, 11) is -3.88. The van der Waals surface area contributed by atoms with E-state index in [1.807, 2.05) is 38.1 Å². The lowest BCUT2D eigenvalue weighted by Gasteiger charge is -2.23. The zero-order chi connectivity index (χ0) is 23.3. The van der Waals surface area contributed by atoms with E-state index in [1.54, 1.807) is 31.2 Å². The molecule has 5 nitrogen and oxygen atoms in total. The molecule has 0 aliphatic rings. The van der Waals surface area contributed by atoms with Crippen LogP contribution >= 0.6 is 11.6 Å². The summed E-state index contributed by atoms with van der Waals surface area (Å²) in [5.74, 6) is -0.439. The number of hydrogen-bond acceptors (Lipinski definition) is 3. The van der Waals surface area contributed by atoms with Gasteiger partial charge in [-0.05, 0) is 61.2 Å². The first-order chi connectivity index (χ1) is 15.3. The predicted molar refractivity (Wildman–Crippen MR) is 131 cm³/mol. The molecule has 3 aromatic carbocycles. The lowest BCUT2D eigenvalue weighted by molar-refractivity contribution is 0.102. The van der Waals surface area contributed by atoms with Gasteiger partial charge in [0.1, 0.15) is 0 Å². The Hall–Kier alpha value is -2.83. The van der Waals surface area contributed by atoms with Crippen molar-refractivity contribution >= 4 is 38.9 Å². The highest BCUT2D eigenvalue weighted by Crippen LogP contribution is 2.28. The molecule has 0 bridgehead atoms. The van der Waals surface area contributed by atoms with Crippen molar-refractivity contribution in [3.05, 3.63) is 88.4 Å². The molecule has 32 heavy (non-hydrogen) atoms. The molecule has 0 aromatic heterocycles. The van der Waals surface area contributed by atoms with Crippen LogP contribution in [-0.2, 0) is 22.9 Å². The fourth-order valence-corrected chi connectivity index (χ4v) is 5.34. The lowest BCUT2D eigenvalue weighted by Crippen LogP contribution is -2.31. The maximum Gasteiger partial charge on any atom is 0.264 e.